The number of anilines is 1. The molecule has 2 N–H and O–H groups in total. The van der Waals surface area contributed by atoms with Gasteiger partial charge in [0, 0.05) is 44.0 Å². The van der Waals surface area contributed by atoms with Crippen LogP contribution in [0.1, 0.15) is 39.8 Å². The average Bonchev–Trinajstić information content (AvgIpc) is 3.29. The predicted molar refractivity (Wildman–Crippen MR) is 119 cm³/mol. The number of thiophene rings is 1. The number of rotatable bonds is 8. The van der Waals surface area contributed by atoms with Gasteiger partial charge in [-0.1, -0.05) is 25.5 Å². The zero-order valence-electron chi connectivity index (χ0n) is 17.2. The van der Waals surface area contributed by atoms with Gasteiger partial charge < -0.3 is 15.5 Å². The minimum atomic E-state index is -0.180. The molecule has 2 aromatic rings. The second-order valence-electron chi connectivity index (χ2n) is 7.28. The Kier molecular flexibility index (Phi) is 7.98. The largest absolute Gasteiger partial charge is 0.355 e. The van der Waals surface area contributed by atoms with E-state index < -0.39 is 0 Å². The van der Waals surface area contributed by atoms with E-state index in [-0.39, 0.29) is 17.7 Å². The summed E-state index contributed by atoms with van der Waals surface area (Å²) < 4.78 is 0. The van der Waals surface area contributed by atoms with Crippen molar-refractivity contribution < 1.29 is 14.4 Å². The summed E-state index contributed by atoms with van der Waals surface area (Å²) in [5.74, 6) is -0.202. The normalized spacial score (nSPS) is 14.4. The summed E-state index contributed by atoms with van der Waals surface area (Å²) in [7, 11) is 0. The molecule has 1 aromatic heterocycles. The number of piperazine rings is 1. The van der Waals surface area contributed by atoms with Crippen LogP contribution < -0.4 is 10.6 Å². The van der Waals surface area contributed by atoms with Gasteiger partial charge in [0.15, 0.2) is 0 Å². The molecule has 1 saturated heterocycles. The van der Waals surface area contributed by atoms with Gasteiger partial charge in [-0.3, -0.25) is 19.3 Å². The second kappa shape index (κ2) is 10.9. The summed E-state index contributed by atoms with van der Waals surface area (Å²) in [5.41, 5.74) is 1.14. The van der Waals surface area contributed by atoms with E-state index in [0.717, 1.165) is 12.8 Å². The Morgan fingerprint density at radius 1 is 1.07 bits per heavy atom. The van der Waals surface area contributed by atoms with Crippen LogP contribution in [0.5, 0.6) is 0 Å². The van der Waals surface area contributed by atoms with Crippen LogP contribution in [0.15, 0.2) is 41.8 Å². The first-order valence-corrected chi connectivity index (χ1v) is 11.2. The van der Waals surface area contributed by atoms with E-state index in [0.29, 0.717) is 55.4 Å². The van der Waals surface area contributed by atoms with Gasteiger partial charge in [0.05, 0.1) is 11.4 Å². The van der Waals surface area contributed by atoms with Crippen molar-refractivity contribution in [2.75, 3.05) is 44.6 Å². The van der Waals surface area contributed by atoms with E-state index in [1.54, 1.807) is 35.2 Å². The molecule has 1 aromatic carbocycles. The Labute approximate surface area is 181 Å². The van der Waals surface area contributed by atoms with E-state index in [1.165, 1.54) is 11.3 Å². The number of amides is 3. The van der Waals surface area contributed by atoms with E-state index >= 15 is 0 Å². The van der Waals surface area contributed by atoms with Crippen LogP contribution in [0.2, 0.25) is 0 Å². The van der Waals surface area contributed by atoms with E-state index in [2.05, 4.69) is 22.5 Å². The van der Waals surface area contributed by atoms with E-state index in [4.69, 9.17) is 0 Å². The summed E-state index contributed by atoms with van der Waals surface area (Å²) in [5, 5.41) is 7.62. The molecular weight excluding hydrogens is 400 g/mol. The first kappa shape index (κ1) is 22.0. The molecule has 0 saturated carbocycles. The van der Waals surface area contributed by atoms with Crippen LogP contribution >= 0.6 is 11.3 Å². The Balaban J connectivity index is 1.50. The summed E-state index contributed by atoms with van der Waals surface area (Å²) >= 11 is 1.37. The predicted octanol–water partition coefficient (Wildman–Crippen LogP) is 2.67. The van der Waals surface area contributed by atoms with Gasteiger partial charge in [-0.2, -0.15) is 0 Å². The number of nitrogens with one attached hydrogen (secondary N) is 2. The minimum absolute atomic E-state index is 0.0393. The molecule has 30 heavy (non-hydrogen) atoms. The molecular formula is C22H28N4O3S. The zero-order chi connectivity index (χ0) is 21.3. The van der Waals surface area contributed by atoms with Crippen LogP contribution in [-0.2, 0) is 4.79 Å². The first-order valence-electron chi connectivity index (χ1n) is 10.3. The van der Waals surface area contributed by atoms with Gasteiger partial charge in [-0.15, -0.1) is 11.3 Å². The van der Waals surface area contributed by atoms with Crippen molar-refractivity contribution in [3.8, 4) is 0 Å². The quantitative estimate of drug-likeness (QED) is 0.634. The van der Waals surface area contributed by atoms with Gasteiger partial charge in [-0.05, 0) is 36.1 Å². The number of carbonyl (C=O) groups is 3. The Morgan fingerprint density at radius 2 is 1.87 bits per heavy atom. The smallest absolute Gasteiger partial charge is 0.265 e. The molecule has 3 rings (SSSR count). The molecule has 1 fully saturated rings. The highest BCUT2D eigenvalue weighted by Gasteiger charge is 2.23. The van der Waals surface area contributed by atoms with Crippen LogP contribution in [-0.4, -0.2) is 66.8 Å². The van der Waals surface area contributed by atoms with Gasteiger partial charge >= 0.3 is 0 Å². The molecule has 0 radical (unpaired) electrons. The average molecular weight is 429 g/mol. The maximum absolute atomic E-state index is 12.9. The third-order valence-electron chi connectivity index (χ3n) is 4.99. The molecule has 0 spiro atoms. The third kappa shape index (κ3) is 6.14. The molecule has 0 bridgehead atoms. The zero-order valence-corrected chi connectivity index (χ0v) is 18.0. The number of nitrogens with zero attached hydrogens (tertiary/aromatic N) is 2. The Bertz CT molecular complexity index is 861. The molecule has 0 aliphatic carbocycles. The fraction of sp³-hybridized carbons (Fsp3) is 0.409. The van der Waals surface area contributed by atoms with Crippen LogP contribution in [0, 0.1) is 0 Å². The standard InChI is InChI=1S/C22H28N4O3S/c1-2-3-9-23-20(27)16-25-10-12-26(13-11-25)22(29)17-6-4-7-18(15-17)24-21(28)19-8-5-14-30-19/h4-8,14-15H,2-3,9-13,16H2,1H3,(H,23,27)(H,24,28). The summed E-state index contributed by atoms with van der Waals surface area (Å²) in [6.07, 6.45) is 2.04. The molecule has 0 atom stereocenters. The lowest BCUT2D eigenvalue weighted by Gasteiger charge is -2.34. The highest BCUT2D eigenvalue weighted by atomic mass is 32.1. The number of hydrogen-bond acceptors (Lipinski definition) is 5. The fourth-order valence-electron chi connectivity index (χ4n) is 3.29. The van der Waals surface area contributed by atoms with E-state index in [1.807, 2.05) is 11.4 Å². The van der Waals surface area contributed by atoms with Crippen LogP contribution in [0.4, 0.5) is 5.69 Å². The lowest BCUT2D eigenvalue weighted by Crippen LogP contribution is -2.51. The molecule has 8 heteroatoms. The van der Waals surface area contributed by atoms with Gasteiger partial charge in [0.2, 0.25) is 5.91 Å². The molecule has 160 valence electrons. The van der Waals surface area contributed by atoms with Crippen molar-refractivity contribution in [3.05, 3.63) is 52.2 Å². The summed E-state index contributed by atoms with van der Waals surface area (Å²) in [6, 6.07) is 10.6. The lowest BCUT2D eigenvalue weighted by molar-refractivity contribution is -0.122. The topological polar surface area (TPSA) is 81.8 Å². The van der Waals surface area contributed by atoms with Gasteiger partial charge in [-0.25, -0.2) is 0 Å². The molecule has 2 heterocycles. The fourth-order valence-corrected chi connectivity index (χ4v) is 3.90. The summed E-state index contributed by atoms with van der Waals surface area (Å²) in [6.45, 7) is 5.67. The highest BCUT2D eigenvalue weighted by molar-refractivity contribution is 7.12. The van der Waals surface area contributed by atoms with Crippen LogP contribution in [0.3, 0.4) is 0 Å². The highest BCUT2D eigenvalue weighted by Crippen LogP contribution is 2.17. The molecule has 7 nitrogen and oxygen atoms in total. The van der Waals surface area contributed by atoms with Crippen molar-refractivity contribution >= 4 is 34.7 Å². The van der Waals surface area contributed by atoms with Crippen molar-refractivity contribution in [3.63, 3.8) is 0 Å². The Morgan fingerprint density at radius 3 is 2.57 bits per heavy atom. The minimum Gasteiger partial charge on any atom is -0.355 e. The second-order valence-corrected chi connectivity index (χ2v) is 8.23. The van der Waals surface area contributed by atoms with Gasteiger partial charge in [0.25, 0.3) is 11.8 Å². The maximum atomic E-state index is 12.9. The SMILES string of the molecule is CCCCNC(=O)CN1CCN(C(=O)c2cccc(NC(=O)c3cccs3)c2)CC1. The molecule has 1 aliphatic rings. The Hall–Kier alpha value is -2.71. The van der Waals surface area contributed by atoms with Gasteiger partial charge in [0.1, 0.15) is 0 Å². The molecule has 1 aliphatic heterocycles. The van der Waals surface area contributed by atoms with E-state index in [9.17, 15) is 14.4 Å². The number of benzene rings is 1. The third-order valence-corrected chi connectivity index (χ3v) is 5.86. The van der Waals surface area contributed by atoms with Crippen molar-refractivity contribution in [2.24, 2.45) is 0 Å². The van der Waals surface area contributed by atoms with Crippen LogP contribution in [0.25, 0.3) is 0 Å². The summed E-state index contributed by atoms with van der Waals surface area (Å²) in [4.78, 5) is 41.6. The number of carbonyl (C=O) groups excluding carboxylic acids is 3. The lowest BCUT2D eigenvalue weighted by atomic mass is 10.1. The van der Waals surface area contributed by atoms with Crippen molar-refractivity contribution in [1.29, 1.82) is 0 Å². The molecule has 0 unspecified atom stereocenters. The number of unbranched alkanes of at least 4 members (excludes halogenated alkanes) is 1. The maximum Gasteiger partial charge on any atom is 0.265 e. The van der Waals surface area contributed by atoms with Crippen molar-refractivity contribution in [1.82, 2.24) is 15.1 Å². The number of hydrogen-bond donors (Lipinski definition) is 2. The van der Waals surface area contributed by atoms with Crippen molar-refractivity contribution in [2.45, 2.75) is 19.8 Å². The monoisotopic (exact) mass is 428 g/mol. The first-order chi connectivity index (χ1) is 14.6. The molecule has 3 amide bonds.